The van der Waals surface area contributed by atoms with E-state index in [4.69, 9.17) is 4.43 Å². The first-order chi connectivity index (χ1) is 13.4. The average Bonchev–Trinajstić information content (AvgIpc) is 2.65. The van der Waals surface area contributed by atoms with E-state index < -0.39 is 19.8 Å². The molecule has 5 heteroatoms. The zero-order valence-corrected chi connectivity index (χ0v) is 19.4. The summed E-state index contributed by atoms with van der Waals surface area (Å²) in [7, 11) is -2.44. The fraction of sp³-hybridized carbons (Fsp3) is 0.417. The molecule has 0 saturated heterocycles. The van der Waals surface area contributed by atoms with Gasteiger partial charge in [0, 0.05) is 0 Å². The molecule has 1 N–H and O–H groups in total. The van der Waals surface area contributed by atoms with Crippen molar-refractivity contribution < 1.29 is 9.53 Å². The SMILES string of the molecule is Cc1cc([C@H](c2ccccc2)C(C#N)(C#N)O[Si](C)(C)C(C)(C)C)cc(C)c1O. The molecule has 0 fully saturated rings. The fourth-order valence-corrected chi connectivity index (χ4v) is 4.60. The molecule has 0 bridgehead atoms. The minimum Gasteiger partial charge on any atom is -0.507 e. The molecule has 4 nitrogen and oxygen atoms in total. The Labute approximate surface area is 175 Å². The topological polar surface area (TPSA) is 77.0 Å². The molecular weight excluding hydrogens is 376 g/mol. The molecule has 2 aromatic rings. The van der Waals surface area contributed by atoms with Crippen LogP contribution in [0.15, 0.2) is 42.5 Å². The number of phenolic OH excluding ortho intramolecular Hbond substituents is 1. The van der Waals surface area contributed by atoms with Crippen molar-refractivity contribution in [2.75, 3.05) is 0 Å². The van der Waals surface area contributed by atoms with Gasteiger partial charge in [-0.1, -0.05) is 63.2 Å². The van der Waals surface area contributed by atoms with Gasteiger partial charge in [0.1, 0.15) is 17.9 Å². The monoisotopic (exact) mass is 406 g/mol. The lowest BCUT2D eigenvalue weighted by molar-refractivity contribution is 0.147. The zero-order chi connectivity index (χ0) is 22.0. The van der Waals surface area contributed by atoms with Crippen LogP contribution in [0.2, 0.25) is 18.1 Å². The van der Waals surface area contributed by atoms with Crippen LogP contribution in [0.4, 0.5) is 0 Å². The molecule has 29 heavy (non-hydrogen) atoms. The van der Waals surface area contributed by atoms with E-state index >= 15 is 0 Å². The summed E-state index contributed by atoms with van der Waals surface area (Å²) >= 11 is 0. The lowest BCUT2D eigenvalue weighted by atomic mass is 9.78. The molecule has 0 aliphatic heterocycles. The Kier molecular flexibility index (Phi) is 6.28. The second-order valence-electron chi connectivity index (χ2n) is 9.17. The van der Waals surface area contributed by atoms with E-state index in [1.807, 2.05) is 69.4 Å². The number of aryl methyl sites for hydroxylation is 2. The van der Waals surface area contributed by atoms with Crippen molar-refractivity contribution in [1.29, 1.82) is 10.5 Å². The van der Waals surface area contributed by atoms with Crippen molar-refractivity contribution in [2.24, 2.45) is 0 Å². The van der Waals surface area contributed by atoms with E-state index in [1.165, 1.54) is 0 Å². The maximum atomic E-state index is 10.3. The number of nitriles is 2. The maximum Gasteiger partial charge on any atom is 0.243 e. The molecule has 1 atom stereocenters. The van der Waals surface area contributed by atoms with Gasteiger partial charge in [0.15, 0.2) is 8.32 Å². The highest BCUT2D eigenvalue weighted by Crippen LogP contribution is 2.45. The Morgan fingerprint density at radius 2 is 1.41 bits per heavy atom. The molecule has 0 spiro atoms. The predicted octanol–water partition coefficient (Wildman–Crippen LogP) is 5.95. The molecule has 0 unspecified atom stereocenters. The summed E-state index contributed by atoms with van der Waals surface area (Å²) in [4.78, 5) is 0. The van der Waals surface area contributed by atoms with Gasteiger partial charge in [0.2, 0.25) is 5.60 Å². The molecule has 152 valence electrons. The standard InChI is InChI=1S/C24H30N2O2Si/c1-17-13-20(14-18(2)22(17)27)21(19-11-9-8-10-12-19)24(15-25,16-26)28-29(6,7)23(3,4)5/h8-14,21,27H,1-7H3/t21-/m0/s1. The lowest BCUT2D eigenvalue weighted by Crippen LogP contribution is -2.51. The van der Waals surface area contributed by atoms with E-state index in [0.717, 1.165) is 11.1 Å². The van der Waals surface area contributed by atoms with Gasteiger partial charge in [-0.2, -0.15) is 10.5 Å². The second-order valence-corrected chi connectivity index (χ2v) is 13.9. The van der Waals surface area contributed by atoms with Gasteiger partial charge in [-0.25, -0.2) is 0 Å². The van der Waals surface area contributed by atoms with Gasteiger partial charge in [-0.05, 0) is 54.2 Å². The minimum atomic E-state index is -2.44. The summed E-state index contributed by atoms with van der Waals surface area (Å²) in [6.07, 6.45) is 0. The molecule has 0 radical (unpaired) electrons. The second kappa shape index (κ2) is 8.03. The van der Waals surface area contributed by atoms with E-state index in [0.29, 0.717) is 11.1 Å². The number of hydrogen-bond acceptors (Lipinski definition) is 4. The van der Waals surface area contributed by atoms with Crippen molar-refractivity contribution in [1.82, 2.24) is 0 Å². The zero-order valence-electron chi connectivity index (χ0n) is 18.4. The third-order valence-corrected chi connectivity index (χ3v) is 10.4. The average molecular weight is 407 g/mol. The molecule has 2 aromatic carbocycles. The molecule has 0 heterocycles. The van der Waals surface area contributed by atoms with Crippen molar-refractivity contribution in [3.63, 3.8) is 0 Å². The van der Waals surface area contributed by atoms with Crippen LogP contribution in [-0.2, 0) is 4.43 Å². The van der Waals surface area contributed by atoms with E-state index in [1.54, 1.807) is 0 Å². The van der Waals surface area contributed by atoms with Crippen molar-refractivity contribution in [3.05, 3.63) is 64.7 Å². The van der Waals surface area contributed by atoms with Gasteiger partial charge < -0.3 is 9.53 Å². The van der Waals surface area contributed by atoms with Crippen LogP contribution >= 0.6 is 0 Å². The van der Waals surface area contributed by atoms with Crippen molar-refractivity contribution >= 4 is 8.32 Å². The van der Waals surface area contributed by atoms with Gasteiger partial charge in [0.25, 0.3) is 0 Å². The predicted molar refractivity (Wildman–Crippen MR) is 118 cm³/mol. The largest absolute Gasteiger partial charge is 0.507 e. The normalized spacial score (nSPS) is 13.4. The molecule has 0 saturated carbocycles. The Bertz CT molecular complexity index is 926. The van der Waals surface area contributed by atoms with Crippen molar-refractivity contribution in [2.45, 2.75) is 64.3 Å². The summed E-state index contributed by atoms with van der Waals surface area (Å²) in [6.45, 7) is 14.0. The Morgan fingerprint density at radius 3 is 1.83 bits per heavy atom. The highest BCUT2D eigenvalue weighted by atomic mass is 28.4. The maximum absolute atomic E-state index is 10.3. The number of nitrogens with zero attached hydrogens (tertiary/aromatic N) is 2. The molecule has 0 aromatic heterocycles. The molecule has 0 aliphatic rings. The van der Waals surface area contributed by atoms with E-state index in [9.17, 15) is 15.6 Å². The van der Waals surface area contributed by atoms with Gasteiger partial charge in [0.05, 0.1) is 5.92 Å². The van der Waals surface area contributed by atoms with Gasteiger partial charge >= 0.3 is 0 Å². The van der Waals surface area contributed by atoms with Crippen molar-refractivity contribution in [3.8, 4) is 17.9 Å². The van der Waals surface area contributed by atoms with Crippen LogP contribution in [0.5, 0.6) is 5.75 Å². The quantitative estimate of drug-likeness (QED) is 0.623. The van der Waals surface area contributed by atoms with Crippen LogP contribution in [0.1, 0.15) is 48.9 Å². The lowest BCUT2D eigenvalue weighted by Gasteiger charge is -2.42. The Hall–Kier alpha value is -2.60. The number of benzene rings is 2. The third-order valence-electron chi connectivity index (χ3n) is 5.94. The Balaban J connectivity index is 2.79. The third kappa shape index (κ3) is 4.37. The van der Waals surface area contributed by atoms with Crippen LogP contribution in [0.3, 0.4) is 0 Å². The smallest absolute Gasteiger partial charge is 0.243 e. The van der Waals surface area contributed by atoms with Crippen LogP contribution in [0, 0.1) is 36.5 Å². The highest BCUT2D eigenvalue weighted by Gasteiger charge is 2.50. The molecule has 0 amide bonds. The van der Waals surface area contributed by atoms with Crippen LogP contribution in [-0.4, -0.2) is 19.0 Å². The number of aromatic hydroxyl groups is 1. The highest BCUT2D eigenvalue weighted by molar-refractivity contribution is 6.74. The summed E-state index contributed by atoms with van der Waals surface area (Å²) < 4.78 is 6.52. The summed E-state index contributed by atoms with van der Waals surface area (Å²) in [5.74, 6) is -0.379. The van der Waals surface area contributed by atoms with E-state index in [-0.39, 0.29) is 10.8 Å². The van der Waals surface area contributed by atoms with Crippen LogP contribution in [0.25, 0.3) is 0 Å². The molecular formula is C24H30N2O2Si. The van der Waals surface area contributed by atoms with Gasteiger partial charge in [-0.3, -0.25) is 0 Å². The first-order valence-corrected chi connectivity index (χ1v) is 12.7. The summed E-state index contributed by atoms with van der Waals surface area (Å²) in [5.41, 5.74) is 1.35. The molecule has 0 aliphatic carbocycles. The summed E-state index contributed by atoms with van der Waals surface area (Å²) in [5, 5.41) is 30.6. The fourth-order valence-electron chi connectivity index (χ4n) is 3.28. The van der Waals surface area contributed by atoms with Gasteiger partial charge in [-0.15, -0.1) is 0 Å². The first-order valence-electron chi connectivity index (χ1n) is 9.76. The molecule has 2 rings (SSSR count). The number of phenols is 1. The van der Waals surface area contributed by atoms with E-state index in [2.05, 4.69) is 32.9 Å². The summed E-state index contributed by atoms with van der Waals surface area (Å²) in [6, 6.07) is 17.7. The first kappa shape index (κ1) is 22.7. The minimum absolute atomic E-state index is 0.159. The Morgan fingerprint density at radius 1 is 0.931 bits per heavy atom. The number of hydrogen-bond donors (Lipinski definition) is 1. The number of rotatable bonds is 5. The van der Waals surface area contributed by atoms with Crippen LogP contribution < -0.4 is 0 Å².